The Hall–Kier alpha value is -8.85. The van der Waals surface area contributed by atoms with E-state index in [1.807, 2.05) is 0 Å². The van der Waals surface area contributed by atoms with Crippen molar-refractivity contribution in [2.24, 2.45) is 0 Å². The molecule has 0 aromatic heterocycles. The zero-order valence-corrected chi connectivity index (χ0v) is 37.0. The lowest BCUT2D eigenvalue weighted by atomic mass is 9.43. The molecule has 29 aromatic carbocycles. The third kappa shape index (κ3) is 1.43. The first-order valence-electron chi connectivity index (χ1n) is 26.7. The standard InChI is InChI=1S/C70H10O2/c1-72-68(71)7-2-3-8-5-69-64-56-48-38-28-20-12-10-11-14-18-16(12)24-32-26(18)36-30-22(14)23-15(11)19-17-13(10)21(20)29-35-25(17)33-27(19)37-31(23)41-40(30)50-44(36)54-46(32)52(42(48)34(24)28)60(64)62(54)66-58(50)59-51(41)45(37)55-47(33)53-43(35)49(39(29)38)57(56)65(69)61(53)63(55)67(59)70(66,69)6-9(8)4-7/h2-4H,5-6H2,1H3. The molecule has 0 atom stereocenters. The van der Waals surface area contributed by atoms with Crippen LogP contribution < -0.4 is 0 Å². The maximum Gasteiger partial charge on any atom is 0.337 e. The van der Waals surface area contributed by atoms with Gasteiger partial charge in [-0.05, 0) is 349 Å². The summed E-state index contributed by atoms with van der Waals surface area (Å²) in [6.07, 6.45) is 1.86. The van der Waals surface area contributed by atoms with E-state index >= 15 is 0 Å². The first-order chi connectivity index (χ1) is 35.8. The van der Waals surface area contributed by atoms with E-state index in [0.29, 0.717) is 5.56 Å². The van der Waals surface area contributed by atoms with Crippen LogP contribution >= 0.6 is 0 Å². The highest BCUT2D eigenvalue weighted by Gasteiger charge is 2.70. The number of hydrogen-bond acceptors (Lipinski definition) is 2. The van der Waals surface area contributed by atoms with Crippen molar-refractivity contribution in [3.8, 4) is 0 Å². The van der Waals surface area contributed by atoms with Crippen LogP contribution in [0.15, 0.2) is 18.2 Å². The number of carbonyl (C=O) groups excluding carboxylic acids is 1. The number of hydrogen-bond donors (Lipinski definition) is 0. The second-order valence-electron chi connectivity index (χ2n) is 26.4. The lowest BCUT2D eigenvalue weighted by Gasteiger charge is -2.57. The fourth-order valence-electron chi connectivity index (χ4n) is 26.0. The third-order valence-corrected chi connectivity index (χ3v) is 26.2. The molecular formula is C70H10O2. The van der Waals surface area contributed by atoms with E-state index in [2.05, 4.69) is 18.2 Å². The average Bonchev–Trinajstić information content (AvgIpc) is 4.33. The molecule has 5 aliphatic carbocycles. The molecule has 0 saturated heterocycles. The summed E-state index contributed by atoms with van der Waals surface area (Å²) in [5.74, 6) is -0.226. The van der Waals surface area contributed by atoms with Crippen LogP contribution in [0.25, 0.3) is 291 Å². The zero-order chi connectivity index (χ0) is 43.0. The average molecular weight is 883 g/mol. The first-order valence-corrected chi connectivity index (χ1v) is 26.7. The van der Waals surface area contributed by atoms with Crippen molar-refractivity contribution in [1.29, 1.82) is 0 Å². The van der Waals surface area contributed by atoms with Gasteiger partial charge in [-0.15, -0.1) is 0 Å². The van der Waals surface area contributed by atoms with Gasteiger partial charge < -0.3 is 4.74 Å². The van der Waals surface area contributed by atoms with Crippen molar-refractivity contribution in [2.45, 2.75) is 23.7 Å². The largest absolute Gasteiger partial charge is 0.465 e. The van der Waals surface area contributed by atoms with Gasteiger partial charge in [0.05, 0.1) is 12.7 Å². The highest BCUT2D eigenvalue weighted by atomic mass is 16.5. The number of fused-ring (bicyclic) bond motifs is 1. The molecule has 2 nitrogen and oxygen atoms in total. The van der Waals surface area contributed by atoms with E-state index in [1.165, 1.54) is 11.1 Å². The number of benzene rings is 19. The highest BCUT2D eigenvalue weighted by molar-refractivity contribution is 6.82. The molecular weight excluding hydrogens is 873 g/mol. The van der Waals surface area contributed by atoms with Gasteiger partial charge in [-0.1, -0.05) is 6.07 Å². The summed E-state index contributed by atoms with van der Waals surface area (Å²) in [7, 11) is 1.55. The van der Waals surface area contributed by atoms with Crippen molar-refractivity contribution in [1.82, 2.24) is 0 Å². The summed E-state index contributed by atoms with van der Waals surface area (Å²) < 4.78 is 5.53. The Morgan fingerprint density at radius 3 is 0.653 bits per heavy atom. The Kier molecular flexibility index (Phi) is 2.28. The van der Waals surface area contributed by atoms with E-state index in [0.717, 1.165) is 12.8 Å². The summed E-state index contributed by atoms with van der Waals surface area (Å²) in [4.78, 5) is 13.7. The fraction of sp³-hybridized carbons (Fsp3) is 0.0714. The molecule has 0 aliphatic heterocycles. The van der Waals surface area contributed by atoms with Crippen LogP contribution in [0.1, 0.15) is 43.7 Å². The SMILES string of the molecule is COC(=O)c1ccc2c(c1)CC13c4c5c6c7c8c9c(c%10c%11c1c1c4c4c%12c5c5c6c6c8c8c%13c9c9c%10c%10c%11c%11c1c1c4c4c%12c%12c5c5c6c8c6c8c%13c9c9c%10c%10c%11c1c1c4c4c%12c5c6c5c8c9c%10c1c45)C73C2. The number of carbonyl (C=O) groups is 1. The van der Waals surface area contributed by atoms with Crippen molar-refractivity contribution >= 4 is 297 Å². The molecule has 0 saturated carbocycles. The second-order valence-corrected chi connectivity index (χ2v) is 26.4. The predicted molar refractivity (Wildman–Crippen MR) is 299 cm³/mol. The molecule has 0 fully saturated rings. The predicted octanol–water partition coefficient (Wildman–Crippen LogP) is 17.9. The lowest BCUT2D eigenvalue weighted by Crippen LogP contribution is -2.56. The van der Waals surface area contributed by atoms with Crippen LogP contribution in [-0.2, 0) is 28.4 Å². The Balaban J connectivity index is 1.14. The van der Waals surface area contributed by atoms with Crippen LogP contribution in [0.3, 0.4) is 0 Å². The van der Waals surface area contributed by atoms with Crippen molar-refractivity contribution < 1.29 is 9.53 Å². The van der Waals surface area contributed by atoms with Gasteiger partial charge >= 0.3 is 5.97 Å². The Bertz CT molecular complexity index is 7350. The van der Waals surface area contributed by atoms with E-state index in [1.54, 1.807) is 320 Å². The zero-order valence-electron chi connectivity index (χ0n) is 37.0. The van der Waals surface area contributed by atoms with Crippen LogP contribution in [0.4, 0.5) is 0 Å². The molecule has 0 amide bonds. The van der Waals surface area contributed by atoms with Crippen LogP contribution in [0, 0.1) is 0 Å². The van der Waals surface area contributed by atoms with E-state index in [4.69, 9.17) is 4.74 Å². The lowest BCUT2D eigenvalue weighted by molar-refractivity contribution is 0.0600. The maximum atomic E-state index is 13.7. The van der Waals surface area contributed by atoms with Crippen LogP contribution in [0.5, 0.6) is 0 Å². The molecule has 0 unspecified atom stereocenters. The minimum Gasteiger partial charge on any atom is -0.465 e. The Labute approximate surface area is 392 Å². The quantitative estimate of drug-likeness (QED) is 0.121. The molecule has 302 valence electrons. The first kappa shape index (κ1) is 26.9. The van der Waals surface area contributed by atoms with E-state index in [-0.39, 0.29) is 16.8 Å². The van der Waals surface area contributed by atoms with Crippen LogP contribution in [-0.4, -0.2) is 13.1 Å². The summed E-state index contributed by atoms with van der Waals surface area (Å²) in [5.41, 5.74) is 9.68. The van der Waals surface area contributed by atoms with Crippen molar-refractivity contribution in [3.63, 3.8) is 0 Å². The molecule has 0 radical (unpaired) electrons. The molecule has 0 bridgehead atoms. The van der Waals surface area contributed by atoms with Crippen molar-refractivity contribution in [2.75, 3.05) is 7.11 Å². The van der Waals surface area contributed by atoms with Gasteiger partial charge in [0, 0.05) is 10.8 Å². The van der Waals surface area contributed by atoms with Gasteiger partial charge in [0.1, 0.15) is 0 Å². The molecule has 72 heavy (non-hydrogen) atoms. The highest BCUT2D eigenvalue weighted by Crippen LogP contribution is 2.85. The Morgan fingerprint density at radius 2 is 0.458 bits per heavy atom. The van der Waals surface area contributed by atoms with Gasteiger partial charge in [0.15, 0.2) is 0 Å². The maximum absolute atomic E-state index is 13.7. The third-order valence-electron chi connectivity index (χ3n) is 26.2. The van der Waals surface area contributed by atoms with Gasteiger partial charge in [0.2, 0.25) is 0 Å². The van der Waals surface area contributed by atoms with Gasteiger partial charge in [-0.3, -0.25) is 0 Å². The summed E-state index contributed by atoms with van der Waals surface area (Å²) in [6.45, 7) is 0. The molecule has 5 aliphatic rings. The number of esters is 1. The van der Waals surface area contributed by atoms with Crippen LogP contribution in [0.2, 0.25) is 0 Å². The normalized spacial score (nSPS) is 22.0. The number of ether oxygens (including phenoxy) is 1. The van der Waals surface area contributed by atoms with E-state index in [9.17, 15) is 4.79 Å². The molecule has 2 heteroatoms. The fourth-order valence-corrected chi connectivity index (χ4v) is 26.0. The van der Waals surface area contributed by atoms with Gasteiger partial charge in [-0.25, -0.2) is 4.79 Å². The number of rotatable bonds is 1. The Morgan fingerprint density at radius 1 is 0.278 bits per heavy atom. The smallest absolute Gasteiger partial charge is 0.337 e. The molecule has 0 N–H and O–H groups in total. The molecule has 29 aromatic rings. The van der Waals surface area contributed by atoms with Gasteiger partial charge in [0.25, 0.3) is 0 Å². The molecule has 34 rings (SSSR count). The summed E-state index contributed by atoms with van der Waals surface area (Å²) >= 11 is 0. The molecule has 0 heterocycles. The van der Waals surface area contributed by atoms with Crippen molar-refractivity contribution in [3.05, 3.63) is 57.1 Å². The van der Waals surface area contributed by atoms with E-state index < -0.39 is 0 Å². The minimum absolute atomic E-state index is 0.226. The summed E-state index contributed by atoms with van der Waals surface area (Å²) in [6, 6.07) is 6.77. The molecule has 2 spiro atoms. The monoisotopic (exact) mass is 882 g/mol. The summed E-state index contributed by atoms with van der Waals surface area (Å²) in [5, 5.41) is 88.4. The second kappa shape index (κ2) is 6.10. The minimum atomic E-state index is -0.347. The topological polar surface area (TPSA) is 26.3 Å². The van der Waals surface area contributed by atoms with Gasteiger partial charge in [-0.2, -0.15) is 0 Å². The number of methoxy groups -OCH3 is 1.